The average molecular weight is 270 g/mol. The van der Waals surface area contributed by atoms with Gasteiger partial charge in [0.2, 0.25) is 0 Å². The first kappa shape index (κ1) is 14.0. The molecule has 0 saturated carbocycles. The summed E-state index contributed by atoms with van der Waals surface area (Å²) >= 11 is 0. The van der Waals surface area contributed by atoms with Gasteiger partial charge in [-0.15, -0.1) is 0 Å². The van der Waals surface area contributed by atoms with E-state index in [4.69, 9.17) is 10.00 Å². The fourth-order valence-electron chi connectivity index (χ4n) is 2.02. The van der Waals surface area contributed by atoms with Crippen molar-refractivity contribution in [2.75, 3.05) is 19.0 Å². The van der Waals surface area contributed by atoms with E-state index < -0.39 is 5.82 Å². The maximum absolute atomic E-state index is 13.6. The Morgan fingerprint density at radius 1 is 1.20 bits per heavy atom. The Kier molecular flexibility index (Phi) is 4.70. The minimum Gasteiger partial charge on any atom is -0.382 e. The number of methoxy groups -OCH3 is 1. The molecule has 102 valence electrons. The lowest BCUT2D eigenvalue weighted by Crippen LogP contribution is -2.17. The molecule has 0 aromatic heterocycles. The standard InChI is InChI=1S/C16H15FN2O/c1-20-11-16(12-6-3-2-4-7-12)19-15-9-5-8-14(17)13(15)10-18/h2-9,16,19H,11H2,1H3. The molecule has 4 heteroatoms. The number of rotatable bonds is 5. The Morgan fingerprint density at radius 2 is 1.95 bits per heavy atom. The molecule has 1 N–H and O–H groups in total. The van der Waals surface area contributed by atoms with E-state index in [-0.39, 0.29) is 11.6 Å². The normalized spacial score (nSPS) is 11.7. The molecule has 0 aliphatic heterocycles. The van der Waals surface area contributed by atoms with Gasteiger partial charge < -0.3 is 10.1 Å². The molecule has 2 aromatic carbocycles. The summed E-state index contributed by atoms with van der Waals surface area (Å²) in [6, 6.07) is 16.0. The zero-order valence-electron chi connectivity index (χ0n) is 11.1. The second kappa shape index (κ2) is 6.69. The maximum atomic E-state index is 13.6. The molecule has 20 heavy (non-hydrogen) atoms. The van der Waals surface area contributed by atoms with E-state index in [9.17, 15) is 4.39 Å². The lowest BCUT2D eigenvalue weighted by molar-refractivity contribution is 0.186. The molecule has 0 aliphatic carbocycles. The number of nitrogens with zero attached hydrogens (tertiary/aromatic N) is 1. The van der Waals surface area contributed by atoms with Gasteiger partial charge in [0.15, 0.2) is 0 Å². The van der Waals surface area contributed by atoms with Crippen molar-refractivity contribution in [1.82, 2.24) is 0 Å². The SMILES string of the molecule is COCC(Nc1cccc(F)c1C#N)c1ccccc1. The summed E-state index contributed by atoms with van der Waals surface area (Å²) in [4.78, 5) is 0. The van der Waals surface area contributed by atoms with Gasteiger partial charge in [0.1, 0.15) is 17.4 Å². The molecule has 2 aromatic rings. The molecule has 0 saturated heterocycles. The predicted molar refractivity (Wildman–Crippen MR) is 75.8 cm³/mol. The van der Waals surface area contributed by atoms with E-state index in [1.807, 2.05) is 36.4 Å². The van der Waals surface area contributed by atoms with Crippen LogP contribution in [0.3, 0.4) is 0 Å². The fourth-order valence-corrected chi connectivity index (χ4v) is 2.02. The number of hydrogen-bond acceptors (Lipinski definition) is 3. The number of benzene rings is 2. The van der Waals surface area contributed by atoms with Crippen molar-refractivity contribution in [2.24, 2.45) is 0 Å². The summed E-state index contributed by atoms with van der Waals surface area (Å²) in [5.41, 5.74) is 1.51. The van der Waals surface area contributed by atoms with E-state index >= 15 is 0 Å². The first-order chi connectivity index (χ1) is 9.76. The van der Waals surface area contributed by atoms with E-state index in [1.54, 1.807) is 19.2 Å². The molecular formula is C16H15FN2O. The van der Waals surface area contributed by atoms with Crippen LogP contribution in [-0.2, 0) is 4.74 Å². The van der Waals surface area contributed by atoms with Gasteiger partial charge in [-0.25, -0.2) is 4.39 Å². The second-order valence-electron chi connectivity index (χ2n) is 4.34. The molecule has 0 amide bonds. The molecule has 0 fully saturated rings. The highest BCUT2D eigenvalue weighted by molar-refractivity contribution is 5.59. The van der Waals surface area contributed by atoms with Gasteiger partial charge in [-0.3, -0.25) is 0 Å². The Hall–Kier alpha value is -2.38. The van der Waals surface area contributed by atoms with Gasteiger partial charge in [-0.2, -0.15) is 5.26 Å². The van der Waals surface area contributed by atoms with Crippen molar-refractivity contribution >= 4 is 5.69 Å². The monoisotopic (exact) mass is 270 g/mol. The number of hydrogen-bond donors (Lipinski definition) is 1. The van der Waals surface area contributed by atoms with Crippen LogP contribution in [0.4, 0.5) is 10.1 Å². The average Bonchev–Trinajstić information content (AvgIpc) is 2.48. The molecule has 0 bridgehead atoms. The molecule has 3 nitrogen and oxygen atoms in total. The third-order valence-corrected chi connectivity index (χ3v) is 2.99. The quantitative estimate of drug-likeness (QED) is 0.904. The summed E-state index contributed by atoms with van der Waals surface area (Å²) in [5, 5.41) is 12.2. The largest absolute Gasteiger partial charge is 0.382 e. The van der Waals surface area contributed by atoms with Crippen LogP contribution in [-0.4, -0.2) is 13.7 Å². The highest BCUT2D eigenvalue weighted by atomic mass is 19.1. The van der Waals surface area contributed by atoms with Gasteiger partial charge in [0.05, 0.1) is 18.3 Å². The first-order valence-electron chi connectivity index (χ1n) is 6.25. The molecular weight excluding hydrogens is 255 g/mol. The van der Waals surface area contributed by atoms with Crippen LogP contribution < -0.4 is 5.32 Å². The molecule has 1 atom stereocenters. The van der Waals surface area contributed by atoms with Crippen LogP contribution in [0.25, 0.3) is 0 Å². The molecule has 0 spiro atoms. The number of halogens is 1. The molecule has 0 aliphatic rings. The number of nitriles is 1. The van der Waals surface area contributed by atoms with Crippen LogP contribution in [0.2, 0.25) is 0 Å². The summed E-state index contributed by atoms with van der Waals surface area (Å²) in [6.07, 6.45) is 0. The van der Waals surface area contributed by atoms with E-state index in [2.05, 4.69) is 5.32 Å². The van der Waals surface area contributed by atoms with Gasteiger partial charge in [0, 0.05) is 7.11 Å². The first-order valence-corrected chi connectivity index (χ1v) is 6.25. The van der Waals surface area contributed by atoms with Crippen LogP contribution in [0.1, 0.15) is 17.2 Å². The minimum absolute atomic E-state index is 0.0181. The van der Waals surface area contributed by atoms with Crippen LogP contribution in [0.15, 0.2) is 48.5 Å². The van der Waals surface area contributed by atoms with Crippen LogP contribution >= 0.6 is 0 Å². The fraction of sp³-hybridized carbons (Fsp3) is 0.188. The Bertz CT molecular complexity index is 608. The topological polar surface area (TPSA) is 45.0 Å². The number of ether oxygens (including phenoxy) is 1. The van der Waals surface area contributed by atoms with Crippen molar-refractivity contribution in [1.29, 1.82) is 5.26 Å². The molecule has 2 rings (SSSR count). The lowest BCUT2D eigenvalue weighted by Gasteiger charge is -2.20. The highest BCUT2D eigenvalue weighted by Gasteiger charge is 2.14. The third kappa shape index (κ3) is 3.14. The Morgan fingerprint density at radius 3 is 2.60 bits per heavy atom. The Labute approximate surface area is 117 Å². The van der Waals surface area contributed by atoms with E-state index in [0.717, 1.165) is 5.56 Å². The minimum atomic E-state index is -0.526. The smallest absolute Gasteiger partial charge is 0.143 e. The van der Waals surface area contributed by atoms with Gasteiger partial charge in [0.25, 0.3) is 0 Å². The highest BCUT2D eigenvalue weighted by Crippen LogP contribution is 2.24. The van der Waals surface area contributed by atoms with E-state index in [1.165, 1.54) is 6.07 Å². The van der Waals surface area contributed by atoms with Gasteiger partial charge in [-0.1, -0.05) is 36.4 Å². The summed E-state index contributed by atoms with van der Waals surface area (Å²) in [7, 11) is 1.61. The molecule has 0 heterocycles. The number of anilines is 1. The van der Waals surface area contributed by atoms with E-state index in [0.29, 0.717) is 12.3 Å². The predicted octanol–water partition coefficient (Wildman–Crippen LogP) is 3.50. The van der Waals surface area contributed by atoms with Crippen molar-refractivity contribution in [3.8, 4) is 6.07 Å². The summed E-state index contributed by atoms with van der Waals surface area (Å²) in [6.45, 7) is 0.422. The summed E-state index contributed by atoms with van der Waals surface area (Å²) < 4.78 is 18.8. The lowest BCUT2D eigenvalue weighted by atomic mass is 10.1. The van der Waals surface area contributed by atoms with Crippen molar-refractivity contribution in [3.05, 3.63) is 65.5 Å². The van der Waals surface area contributed by atoms with Crippen LogP contribution in [0, 0.1) is 17.1 Å². The molecule has 0 radical (unpaired) electrons. The Balaban J connectivity index is 2.30. The van der Waals surface area contributed by atoms with Crippen molar-refractivity contribution in [3.63, 3.8) is 0 Å². The zero-order chi connectivity index (χ0) is 14.4. The van der Waals surface area contributed by atoms with Crippen LogP contribution in [0.5, 0.6) is 0 Å². The van der Waals surface area contributed by atoms with Crippen molar-refractivity contribution < 1.29 is 9.13 Å². The zero-order valence-corrected chi connectivity index (χ0v) is 11.1. The maximum Gasteiger partial charge on any atom is 0.143 e. The third-order valence-electron chi connectivity index (χ3n) is 2.99. The number of nitrogens with one attached hydrogen (secondary N) is 1. The van der Waals surface area contributed by atoms with Gasteiger partial charge in [-0.05, 0) is 17.7 Å². The second-order valence-corrected chi connectivity index (χ2v) is 4.34. The van der Waals surface area contributed by atoms with Gasteiger partial charge >= 0.3 is 0 Å². The van der Waals surface area contributed by atoms with Crippen molar-refractivity contribution in [2.45, 2.75) is 6.04 Å². The molecule has 1 unspecified atom stereocenters. The summed E-state index contributed by atoms with van der Waals surface area (Å²) in [5.74, 6) is -0.526.